The van der Waals surface area contributed by atoms with E-state index in [4.69, 9.17) is 15.3 Å². The van der Waals surface area contributed by atoms with E-state index in [1.165, 1.54) is 27.8 Å². The van der Waals surface area contributed by atoms with E-state index in [0.29, 0.717) is 23.7 Å². The van der Waals surface area contributed by atoms with Crippen molar-refractivity contribution >= 4 is 51.3 Å². The van der Waals surface area contributed by atoms with Crippen molar-refractivity contribution in [2.24, 2.45) is 9.98 Å². The number of hydrogen-bond donors (Lipinski definition) is 0. The minimum absolute atomic E-state index is 0. The topological polar surface area (TPSA) is 38.8 Å². The van der Waals surface area contributed by atoms with Crippen LogP contribution in [0.25, 0.3) is 5.32 Å². The first-order chi connectivity index (χ1) is 27.1. The third-order valence-electron chi connectivity index (χ3n) is 8.41. The third kappa shape index (κ3) is 21.1. The Bertz CT molecular complexity index is 1830. The van der Waals surface area contributed by atoms with Gasteiger partial charge >= 0.3 is 25.8 Å². The summed E-state index contributed by atoms with van der Waals surface area (Å²) in [7, 11) is -1.72. The predicted octanol–water partition coefficient (Wildman–Crippen LogP) is 17.4. The normalized spacial score (nSPS) is 11.5. The Hall–Kier alpha value is -3.46. The van der Waals surface area contributed by atoms with Crippen molar-refractivity contribution in [3.63, 3.8) is 0 Å². The summed E-state index contributed by atoms with van der Waals surface area (Å²) >= 11 is 0. The van der Waals surface area contributed by atoms with Crippen molar-refractivity contribution in [3.8, 4) is 0 Å². The van der Waals surface area contributed by atoms with E-state index in [-0.39, 0.29) is 25.8 Å². The second-order valence-electron chi connectivity index (χ2n) is 18.7. The van der Waals surface area contributed by atoms with Crippen LogP contribution in [0.1, 0.15) is 118 Å². The van der Waals surface area contributed by atoms with Crippen molar-refractivity contribution in [1.29, 1.82) is 0 Å². The van der Waals surface area contributed by atoms with E-state index in [1.807, 2.05) is 54.9 Å². The molecule has 0 saturated carbocycles. The second kappa shape index (κ2) is 26.0. The Morgan fingerprint density at radius 3 is 0.966 bits per heavy atom. The summed E-state index contributed by atoms with van der Waals surface area (Å²) in [4.78, 5) is 10.1. The largest absolute Gasteiger partial charge is 3.00 e. The number of para-hydroxylation sites is 4. The molecule has 3 nitrogen and oxygen atoms in total. The maximum atomic E-state index is 5.11. The Morgan fingerprint density at radius 1 is 0.441 bits per heavy atom. The van der Waals surface area contributed by atoms with E-state index in [2.05, 4.69) is 187 Å². The SMILES string of the molecule is CC(C)c1cccc(C(C)C)c1N=Cc1ccccc1[N-]c1ccccc1C=Nc1c(C(C)C)cccc1C(C)C.Cc1ccccc1.[CH2-][Si](C)(C)C.[CH2-][Si](C)(C)C.[Sc+3]. The zero-order valence-corrected chi connectivity index (χ0v) is 43.1. The Labute approximate surface area is 382 Å². The van der Waals surface area contributed by atoms with Gasteiger partial charge < -0.3 is 18.4 Å². The first-order valence-corrected chi connectivity index (χ1v) is 28.4. The van der Waals surface area contributed by atoms with E-state index in [0.717, 1.165) is 33.9 Å². The molecule has 0 heterocycles. The minimum Gasteiger partial charge on any atom is -0.657 e. The first-order valence-electron chi connectivity index (χ1n) is 21.0. The van der Waals surface area contributed by atoms with Gasteiger partial charge in [-0.2, -0.15) is 0 Å². The van der Waals surface area contributed by atoms with Crippen LogP contribution < -0.4 is 0 Å². The molecule has 0 fully saturated rings. The van der Waals surface area contributed by atoms with Crippen LogP contribution in [0, 0.1) is 20.0 Å². The summed E-state index contributed by atoms with van der Waals surface area (Å²) in [5, 5.41) is 5.11. The average Bonchev–Trinajstić information content (AvgIpc) is 3.13. The van der Waals surface area contributed by atoms with Gasteiger partial charge in [0.05, 0.1) is 11.4 Å². The van der Waals surface area contributed by atoms with E-state index < -0.39 is 16.1 Å². The Balaban J connectivity index is 0.000000805. The standard InChI is InChI=1S/C38H44N3.C7H8.2C4H11Si.Sc/c1-25(2)31-17-13-18-32(26(3)4)37(31)39-23-29-15-9-11-21-35(29)41-36-22-12-10-16-30(36)24-40-38-33(27(5)6)19-14-20-34(38)28(7)8;1-7-5-3-2-4-6-7;2*1-5(2,3)4;/h9-28H,1-8H3;2-6H,1H3;2*1H2,2-4H3;/q-1;;2*-1;+3. The zero-order valence-electron chi connectivity index (χ0n) is 39.3. The summed E-state index contributed by atoms with van der Waals surface area (Å²) in [6.07, 6.45) is 3.94. The minimum atomic E-state index is -0.861. The molecular weight excluding hydrogens is 780 g/mol. The molecule has 0 bridgehead atoms. The molecule has 312 valence electrons. The fourth-order valence-corrected chi connectivity index (χ4v) is 5.65. The van der Waals surface area contributed by atoms with Gasteiger partial charge in [-0.15, -0.1) is 27.5 Å². The number of aryl methyl sites for hydroxylation is 1. The van der Waals surface area contributed by atoms with Gasteiger partial charge in [0.2, 0.25) is 0 Å². The van der Waals surface area contributed by atoms with E-state index >= 15 is 0 Å². The smallest absolute Gasteiger partial charge is 0.657 e. The van der Waals surface area contributed by atoms with Gasteiger partial charge in [-0.25, -0.2) is 0 Å². The molecule has 0 unspecified atom stereocenters. The Kier molecular flexibility index (Phi) is 23.6. The third-order valence-corrected chi connectivity index (χ3v) is 8.41. The number of nitrogens with zero attached hydrogens (tertiary/aromatic N) is 3. The van der Waals surface area contributed by atoms with Crippen LogP contribution in [-0.4, -0.2) is 28.6 Å². The summed E-state index contributed by atoms with van der Waals surface area (Å²) in [6.45, 7) is 41.0. The fourth-order valence-electron chi connectivity index (χ4n) is 5.65. The van der Waals surface area contributed by atoms with Gasteiger partial charge in [-0.1, -0.05) is 215 Å². The van der Waals surface area contributed by atoms with Gasteiger partial charge in [0, 0.05) is 12.4 Å². The molecule has 0 radical (unpaired) electrons. The number of aliphatic imine (C=N–C) groups is 2. The van der Waals surface area contributed by atoms with Gasteiger partial charge in [-0.05, 0) is 64.0 Å². The monoisotopic (exact) mass is 853 g/mol. The molecule has 0 saturated heterocycles. The van der Waals surface area contributed by atoms with Crippen LogP contribution in [0.5, 0.6) is 0 Å². The fraction of sp³-hybridized carbons (Fsp3) is 0.358. The van der Waals surface area contributed by atoms with Crippen LogP contribution in [0.2, 0.25) is 39.3 Å². The van der Waals surface area contributed by atoms with Crippen LogP contribution in [0.4, 0.5) is 22.7 Å². The zero-order chi connectivity index (χ0) is 43.6. The molecule has 0 aromatic heterocycles. The number of rotatable bonds is 10. The van der Waals surface area contributed by atoms with Crippen LogP contribution >= 0.6 is 0 Å². The van der Waals surface area contributed by atoms with Crippen molar-refractivity contribution in [3.05, 3.63) is 173 Å². The van der Waals surface area contributed by atoms with Crippen LogP contribution in [0.15, 0.2) is 125 Å². The van der Waals surface area contributed by atoms with E-state index in [9.17, 15) is 0 Å². The molecule has 0 aliphatic carbocycles. The van der Waals surface area contributed by atoms with E-state index in [1.54, 1.807) is 0 Å². The summed E-state index contributed by atoms with van der Waals surface area (Å²) < 4.78 is 0. The first kappa shape index (κ1) is 53.6. The summed E-state index contributed by atoms with van der Waals surface area (Å²) in [5.74, 6) is 1.57. The predicted molar refractivity (Wildman–Crippen MR) is 268 cm³/mol. The molecule has 0 spiro atoms. The number of benzene rings is 5. The molecule has 59 heavy (non-hydrogen) atoms. The van der Waals surface area contributed by atoms with Gasteiger partial charge in [-0.3, -0.25) is 9.98 Å². The molecule has 0 N–H and O–H groups in total. The molecule has 0 aliphatic heterocycles. The van der Waals surface area contributed by atoms with Crippen LogP contribution in [-0.2, 0) is 25.8 Å². The maximum absolute atomic E-state index is 5.11. The molecule has 0 aliphatic rings. The van der Waals surface area contributed by atoms with Crippen molar-refractivity contribution in [2.45, 2.75) is 125 Å². The van der Waals surface area contributed by atoms with Gasteiger partial charge in [0.15, 0.2) is 0 Å². The summed E-state index contributed by atoms with van der Waals surface area (Å²) in [5.41, 5.74) is 12.3. The van der Waals surface area contributed by atoms with Crippen molar-refractivity contribution in [1.82, 2.24) is 0 Å². The van der Waals surface area contributed by atoms with Gasteiger partial charge in [0.1, 0.15) is 0 Å². The molecule has 5 rings (SSSR count). The molecule has 0 atom stereocenters. The van der Waals surface area contributed by atoms with Crippen LogP contribution in [0.3, 0.4) is 0 Å². The number of hydrogen-bond acceptors (Lipinski definition) is 2. The maximum Gasteiger partial charge on any atom is 3.00 e. The quantitative estimate of drug-likeness (QED) is 0.0763. The molecule has 5 aromatic rings. The molecular formula is C53H74N3ScSi2. The van der Waals surface area contributed by atoms with Crippen molar-refractivity contribution < 1.29 is 25.8 Å². The molecule has 6 heteroatoms. The summed E-state index contributed by atoms with van der Waals surface area (Å²) in [6, 6.07) is 39.7. The van der Waals surface area contributed by atoms with Crippen molar-refractivity contribution in [2.75, 3.05) is 0 Å². The molecule has 0 amide bonds. The second-order valence-corrected chi connectivity index (χ2v) is 29.0. The molecule has 5 aromatic carbocycles. The average molecular weight is 854 g/mol. The Morgan fingerprint density at radius 2 is 0.712 bits per heavy atom. The van der Waals surface area contributed by atoms with Gasteiger partial charge in [0.25, 0.3) is 0 Å².